The van der Waals surface area contributed by atoms with Crippen molar-refractivity contribution >= 4 is 0 Å². The van der Waals surface area contributed by atoms with Gasteiger partial charge in [0.05, 0.1) is 19.3 Å². The predicted octanol–water partition coefficient (Wildman–Crippen LogP) is 2.07. The second kappa shape index (κ2) is 5.10. The number of nitrogens with zero attached hydrogens (tertiary/aromatic N) is 1. The molecular weight excluding hydrogens is 186 g/mol. The molecule has 1 heterocycles. The van der Waals surface area contributed by atoms with Crippen LogP contribution in [0.1, 0.15) is 5.56 Å². The topological polar surface area (TPSA) is 12.5 Å². The minimum absolute atomic E-state index is 0.360. The third-order valence-corrected chi connectivity index (χ3v) is 2.78. The lowest BCUT2D eigenvalue weighted by Crippen LogP contribution is -2.43. The SMILES string of the molecule is C=CC1COCCN1Cc1ccccc1. The molecule has 1 aliphatic rings. The maximum Gasteiger partial charge on any atom is 0.0658 e. The highest BCUT2D eigenvalue weighted by atomic mass is 16.5. The van der Waals surface area contributed by atoms with Gasteiger partial charge in [-0.2, -0.15) is 0 Å². The first-order valence-electron chi connectivity index (χ1n) is 5.38. The Labute approximate surface area is 91.2 Å². The van der Waals surface area contributed by atoms with E-state index in [1.54, 1.807) is 0 Å². The summed E-state index contributed by atoms with van der Waals surface area (Å²) in [6, 6.07) is 10.9. The van der Waals surface area contributed by atoms with Crippen LogP contribution in [-0.2, 0) is 11.3 Å². The lowest BCUT2D eigenvalue weighted by atomic mass is 10.1. The molecule has 0 N–H and O–H groups in total. The van der Waals surface area contributed by atoms with E-state index in [-0.39, 0.29) is 0 Å². The summed E-state index contributed by atoms with van der Waals surface area (Å²) in [5.74, 6) is 0. The lowest BCUT2D eigenvalue weighted by Gasteiger charge is -2.33. The average molecular weight is 203 g/mol. The normalized spacial score (nSPS) is 22.5. The van der Waals surface area contributed by atoms with Crippen LogP contribution >= 0.6 is 0 Å². The van der Waals surface area contributed by atoms with E-state index in [2.05, 4.69) is 35.7 Å². The first-order chi connectivity index (χ1) is 7.40. The molecule has 1 atom stereocenters. The summed E-state index contributed by atoms with van der Waals surface area (Å²) in [5.41, 5.74) is 1.35. The van der Waals surface area contributed by atoms with Crippen molar-refractivity contribution in [2.24, 2.45) is 0 Å². The maximum absolute atomic E-state index is 5.43. The first-order valence-corrected chi connectivity index (χ1v) is 5.38. The molecule has 1 saturated heterocycles. The van der Waals surface area contributed by atoms with Gasteiger partial charge in [-0.1, -0.05) is 36.4 Å². The molecule has 0 bridgehead atoms. The Balaban J connectivity index is 2.00. The Morgan fingerprint density at radius 2 is 2.20 bits per heavy atom. The Bertz CT molecular complexity index is 310. The molecule has 1 fully saturated rings. The largest absolute Gasteiger partial charge is 0.378 e. The molecule has 1 aliphatic heterocycles. The fourth-order valence-corrected chi connectivity index (χ4v) is 1.89. The molecule has 2 rings (SSSR count). The zero-order valence-corrected chi connectivity index (χ0v) is 8.93. The number of hydrogen-bond donors (Lipinski definition) is 0. The number of ether oxygens (including phenoxy) is 1. The van der Waals surface area contributed by atoms with Crippen LogP contribution in [0.15, 0.2) is 43.0 Å². The number of rotatable bonds is 3. The number of hydrogen-bond acceptors (Lipinski definition) is 2. The monoisotopic (exact) mass is 203 g/mol. The lowest BCUT2D eigenvalue weighted by molar-refractivity contribution is 0.00632. The van der Waals surface area contributed by atoms with E-state index in [9.17, 15) is 0 Å². The van der Waals surface area contributed by atoms with Crippen molar-refractivity contribution in [1.29, 1.82) is 0 Å². The summed E-state index contributed by atoms with van der Waals surface area (Å²) in [7, 11) is 0. The fraction of sp³-hybridized carbons (Fsp3) is 0.385. The third kappa shape index (κ3) is 2.67. The van der Waals surface area contributed by atoms with E-state index in [1.807, 2.05) is 12.1 Å². The van der Waals surface area contributed by atoms with E-state index < -0.39 is 0 Å². The third-order valence-electron chi connectivity index (χ3n) is 2.78. The van der Waals surface area contributed by atoms with Crippen LogP contribution in [0.25, 0.3) is 0 Å². The van der Waals surface area contributed by atoms with Crippen LogP contribution in [0.2, 0.25) is 0 Å². The molecule has 1 aromatic rings. The smallest absolute Gasteiger partial charge is 0.0658 e. The molecule has 2 nitrogen and oxygen atoms in total. The van der Waals surface area contributed by atoms with Gasteiger partial charge in [0.2, 0.25) is 0 Å². The molecule has 0 radical (unpaired) electrons. The van der Waals surface area contributed by atoms with Crippen LogP contribution < -0.4 is 0 Å². The summed E-state index contributed by atoms with van der Waals surface area (Å²) < 4.78 is 5.43. The highest BCUT2D eigenvalue weighted by molar-refractivity contribution is 5.15. The van der Waals surface area contributed by atoms with Gasteiger partial charge in [-0.05, 0) is 5.56 Å². The zero-order chi connectivity index (χ0) is 10.5. The summed E-state index contributed by atoms with van der Waals surface area (Å²) in [5, 5.41) is 0. The molecule has 0 aliphatic carbocycles. The van der Waals surface area contributed by atoms with E-state index in [0.29, 0.717) is 6.04 Å². The minimum atomic E-state index is 0.360. The molecule has 1 unspecified atom stereocenters. The Morgan fingerprint density at radius 1 is 1.40 bits per heavy atom. The molecule has 80 valence electrons. The summed E-state index contributed by atoms with van der Waals surface area (Å²) in [6.45, 7) is 7.44. The summed E-state index contributed by atoms with van der Waals surface area (Å²) >= 11 is 0. The van der Waals surface area contributed by atoms with Crippen molar-refractivity contribution in [3.05, 3.63) is 48.6 Å². The highest BCUT2D eigenvalue weighted by Crippen LogP contribution is 2.12. The van der Waals surface area contributed by atoms with Gasteiger partial charge < -0.3 is 4.74 Å². The Kier molecular flexibility index (Phi) is 3.54. The Hall–Kier alpha value is -1.12. The van der Waals surface area contributed by atoms with Crippen LogP contribution in [0.5, 0.6) is 0 Å². The van der Waals surface area contributed by atoms with E-state index in [1.165, 1.54) is 5.56 Å². The molecule has 0 aromatic heterocycles. The zero-order valence-electron chi connectivity index (χ0n) is 8.93. The van der Waals surface area contributed by atoms with Crippen LogP contribution in [0.3, 0.4) is 0 Å². The van der Waals surface area contributed by atoms with Gasteiger partial charge in [0.15, 0.2) is 0 Å². The summed E-state index contributed by atoms with van der Waals surface area (Å²) in [6.07, 6.45) is 1.97. The van der Waals surface area contributed by atoms with Gasteiger partial charge in [-0.15, -0.1) is 6.58 Å². The van der Waals surface area contributed by atoms with Gasteiger partial charge in [-0.25, -0.2) is 0 Å². The molecule has 0 amide bonds. The van der Waals surface area contributed by atoms with Crippen molar-refractivity contribution in [3.63, 3.8) is 0 Å². The second-order valence-electron chi connectivity index (χ2n) is 3.83. The maximum atomic E-state index is 5.43. The minimum Gasteiger partial charge on any atom is -0.378 e. The molecule has 0 saturated carbocycles. The van der Waals surface area contributed by atoms with Gasteiger partial charge in [0, 0.05) is 13.1 Å². The molecule has 1 aromatic carbocycles. The van der Waals surface area contributed by atoms with E-state index in [4.69, 9.17) is 4.74 Å². The number of benzene rings is 1. The van der Waals surface area contributed by atoms with Crippen LogP contribution in [0, 0.1) is 0 Å². The van der Waals surface area contributed by atoms with Gasteiger partial charge in [0.25, 0.3) is 0 Å². The van der Waals surface area contributed by atoms with E-state index in [0.717, 1.165) is 26.3 Å². The quantitative estimate of drug-likeness (QED) is 0.697. The van der Waals surface area contributed by atoms with Crippen LogP contribution in [0.4, 0.5) is 0 Å². The second-order valence-corrected chi connectivity index (χ2v) is 3.83. The van der Waals surface area contributed by atoms with Crippen molar-refractivity contribution in [2.75, 3.05) is 19.8 Å². The van der Waals surface area contributed by atoms with Crippen molar-refractivity contribution in [2.45, 2.75) is 12.6 Å². The molecule has 15 heavy (non-hydrogen) atoms. The van der Waals surface area contributed by atoms with Crippen LogP contribution in [-0.4, -0.2) is 30.7 Å². The summed E-state index contributed by atoms with van der Waals surface area (Å²) in [4.78, 5) is 2.41. The van der Waals surface area contributed by atoms with Gasteiger partial charge in [0.1, 0.15) is 0 Å². The molecule has 2 heteroatoms. The van der Waals surface area contributed by atoms with E-state index >= 15 is 0 Å². The average Bonchev–Trinajstić information content (AvgIpc) is 2.31. The van der Waals surface area contributed by atoms with Gasteiger partial charge >= 0.3 is 0 Å². The Morgan fingerprint density at radius 3 is 2.93 bits per heavy atom. The van der Waals surface area contributed by atoms with Gasteiger partial charge in [-0.3, -0.25) is 4.90 Å². The van der Waals surface area contributed by atoms with Crippen molar-refractivity contribution in [3.8, 4) is 0 Å². The number of morpholine rings is 1. The highest BCUT2D eigenvalue weighted by Gasteiger charge is 2.19. The molecule has 0 spiro atoms. The predicted molar refractivity (Wildman–Crippen MR) is 61.7 cm³/mol. The van der Waals surface area contributed by atoms with Crippen molar-refractivity contribution in [1.82, 2.24) is 4.90 Å². The van der Waals surface area contributed by atoms with Crippen molar-refractivity contribution < 1.29 is 4.74 Å². The standard InChI is InChI=1S/C13H17NO/c1-2-13-11-15-9-8-14(13)10-12-6-4-3-5-7-12/h2-7,13H,1,8-11H2. The fourth-order valence-electron chi connectivity index (χ4n) is 1.89. The first kappa shape index (κ1) is 10.4. The molecular formula is C13H17NO.